The highest BCUT2D eigenvalue weighted by molar-refractivity contribution is 6.10. The van der Waals surface area contributed by atoms with E-state index in [0.717, 1.165) is 50.1 Å². The van der Waals surface area contributed by atoms with Crippen LogP contribution in [0.3, 0.4) is 0 Å². The first-order valence-electron chi connectivity index (χ1n) is 16.4. The molecule has 0 amide bonds. The summed E-state index contributed by atoms with van der Waals surface area (Å²) in [5, 5.41) is 7.08. The summed E-state index contributed by atoms with van der Waals surface area (Å²) in [6.45, 7) is 0. The highest BCUT2D eigenvalue weighted by atomic mass is 16.5. The number of hydrogen-bond acceptors (Lipinski definition) is 4. The summed E-state index contributed by atoms with van der Waals surface area (Å²) < 4.78 is 6.68. The van der Waals surface area contributed by atoms with Gasteiger partial charge in [-0.1, -0.05) is 133 Å². The van der Waals surface area contributed by atoms with Crippen LogP contribution in [0.4, 0.5) is 0 Å². The van der Waals surface area contributed by atoms with Crippen LogP contribution in [0, 0.1) is 0 Å². The third-order valence-electron chi connectivity index (χ3n) is 9.49. The van der Waals surface area contributed by atoms with E-state index in [1.165, 1.54) is 32.7 Å². The molecule has 49 heavy (non-hydrogen) atoms. The van der Waals surface area contributed by atoms with Crippen LogP contribution in [0.1, 0.15) is 0 Å². The number of ether oxygens (including phenoxy) is 1. The molecule has 1 aliphatic rings. The standard InChI is InChI=1S/C45H27N3O/c1-2-11-30(12-3-1)43-46-44(34-20-18-29-10-5-7-14-32(29)26-34)48-45(47-43)35-21-22-37-39-16-8-15-38-36(23-24-40(42(38)39)49-41(37)27-35)33-19-17-28-9-4-6-13-31(28)25-33/h1-27H. The second-order valence-electron chi connectivity index (χ2n) is 12.4. The Balaban J connectivity index is 1.10. The minimum atomic E-state index is 0.596. The van der Waals surface area contributed by atoms with E-state index < -0.39 is 0 Å². The molecule has 0 aliphatic carbocycles. The Kier molecular flexibility index (Phi) is 6.15. The van der Waals surface area contributed by atoms with Crippen molar-refractivity contribution in [2.24, 2.45) is 0 Å². The Morgan fingerprint density at radius 2 is 0.898 bits per heavy atom. The quantitative estimate of drug-likeness (QED) is 0.195. The van der Waals surface area contributed by atoms with Crippen molar-refractivity contribution in [1.82, 2.24) is 15.0 Å². The van der Waals surface area contributed by atoms with Gasteiger partial charge in [-0.25, -0.2) is 15.0 Å². The van der Waals surface area contributed by atoms with Crippen LogP contribution in [-0.2, 0) is 0 Å². The van der Waals surface area contributed by atoms with Gasteiger partial charge in [0.2, 0.25) is 0 Å². The predicted molar refractivity (Wildman–Crippen MR) is 200 cm³/mol. The fraction of sp³-hybridized carbons (Fsp3) is 0. The van der Waals surface area contributed by atoms with Crippen molar-refractivity contribution >= 4 is 32.3 Å². The van der Waals surface area contributed by atoms with Crippen molar-refractivity contribution in [2.45, 2.75) is 0 Å². The average Bonchev–Trinajstić information content (AvgIpc) is 3.17. The number of aromatic nitrogens is 3. The Hall–Kier alpha value is -6.65. The molecule has 228 valence electrons. The van der Waals surface area contributed by atoms with Crippen LogP contribution in [0.15, 0.2) is 164 Å². The van der Waals surface area contributed by atoms with E-state index in [4.69, 9.17) is 19.7 Å². The first kappa shape index (κ1) is 27.5. The van der Waals surface area contributed by atoms with Gasteiger partial charge in [0.05, 0.1) is 0 Å². The molecule has 10 rings (SSSR count). The van der Waals surface area contributed by atoms with E-state index in [-0.39, 0.29) is 0 Å². The van der Waals surface area contributed by atoms with Gasteiger partial charge in [0.15, 0.2) is 17.5 Å². The molecule has 2 heterocycles. The lowest BCUT2D eigenvalue weighted by Crippen LogP contribution is -2.02. The van der Waals surface area contributed by atoms with E-state index in [0.29, 0.717) is 17.5 Å². The minimum absolute atomic E-state index is 0.596. The molecule has 0 saturated carbocycles. The van der Waals surface area contributed by atoms with Gasteiger partial charge in [-0.05, 0) is 74.0 Å². The molecule has 0 radical (unpaired) electrons. The zero-order chi connectivity index (χ0) is 32.3. The molecule has 9 aromatic rings. The number of hydrogen-bond donors (Lipinski definition) is 0. The van der Waals surface area contributed by atoms with Gasteiger partial charge < -0.3 is 4.74 Å². The van der Waals surface area contributed by atoms with Gasteiger partial charge in [0.1, 0.15) is 11.5 Å². The summed E-state index contributed by atoms with van der Waals surface area (Å²) >= 11 is 0. The number of nitrogens with zero attached hydrogens (tertiary/aromatic N) is 3. The third-order valence-corrected chi connectivity index (χ3v) is 9.49. The summed E-state index contributed by atoms with van der Waals surface area (Å²) in [6, 6.07) is 57.0. The Bertz CT molecular complexity index is 2750. The maximum absolute atomic E-state index is 6.68. The van der Waals surface area contributed by atoms with Gasteiger partial charge in [-0.3, -0.25) is 0 Å². The molecule has 0 unspecified atom stereocenters. The van der Waals surface area contributed by atoms with Crippen LogP contribution >= 0.6 is 0 Å². The summed E-state index contributed by atoms with van der Waals surface area (Å²) in [4.78, 5) is 15.0. The smallest absolute Gasteiger partial charge is 0.164 e. The van der Waals surface area contributed by atoms with Crippen LogP contribution in [0.2, 0.25) is 0 Å². The number of benzene rings is 8. The highest BCUT2D eigenvalue weighted by Gasteiger charge is 2.23. The SMILES string of the molecule is c1ccc(-c2nc(-c3ccc4c(c3)Oc3ccc(-c5ccc6ccccc6c5)c5cccc-4c35)nc(-c3ccc4ccccc4c3)n2)cc1. The molecule has 0 N–H and O–H groups in total. The van der Waals surface area contributed by atoms with Crippen molar-refractivity contribution in [3.05, 3.63) is 164 Å². The second-order valence-corrected chi connectivity index (χ2v) is 12.4. The minimum Gasteiger partial charge on any atom is -0.456 e. The second kappa shape index (κ2) is 11.0. The maximum atomic E-state index is 6.68. The summed E-state index contributed by atoms with van der Waals surface area (Å²) in [6.07, 6.45) is 0. The van der Waals surface area contributed by atoms with Gasteiger partial charge >= 0.3 is 0 Å². The summed E-state index contributed by atoms with van der Waals surface area (Å²) in [7, 11) is 0. The van der Waals surface area contributed by atoms with E-state index >= 15 is 0 Å². The molecule has 4 heteroatoms. The Morgan fingerprint density at radius 3 is 1.63 bits per heavy atom. The van der Waals surface area contributed by atoms with Crippen LogP contribution in [0.5, 0.6) is 11.5 Å². The van der Waals surface area contributed by atoms with Crippen molar-refractivity contribution in [3.8, 4) is 67.9 Å². The summed E-state index contributed by atoms with van der Waals surface area (Å²) in [5.41, 5.74) is 7.32. The molecular weight excluding hydrogens is 599 g/mol. The van der Waals surface area contributed by atoms with E-state index in [1.807, 2.05) is 30.3 Å². The predicted octanol–water partition coefficient (Wildman–Crippen LogP) is 11.8. The molecule has 4 nitrogen and oxygen atoms in total. The van der Waals surface area contributed by atoms with Crippen molar-refractivity contribution in [1.29, 1.82) is 0 Å². The molecule has 0 saturated heterocycles. The number of rotatable bonds is 4. The van der Waals surface area contributed by atoms with Crippen molar-refractivity contribution in [2.75, 3.05) is 0 Å². The van der Waals surface area contributed by atoms with Crippen LogP contribution in [0.25, 0.3) is 88.7 Å². The monoisotopic (exact) mass is 625 g/mol. The highest BCUT2D eigenvalue weighted by Crippen LogP contribution is 2.49. The zero-order valence-electron chi connectivity index (χ0n) is 26.3. The van der Waals surface area contributed by atoms with E-state index in [9.17, 15) is 0 Å². The third kappa shape index (κ3) is 4.65. The van der Waals surface area contributed by atoms with Crippen LogP contribution in [-0.4, -0.2) is 15.0 Å². The molecule has 0 bridgehead atoms. The molecule has 1 aliphatic heterocycles. The fourth-order valence-corrected chi connectivity index (χ4v) is 7.06. The first-order chi connectivity index (χ1) is 24.2. The Labute approximate surface area is 283 Å². The van der Waals surface area contributed by atoms with E-state index in [2.05, 4.69) is 133 Å². The van der Waals surface area contributed by atoms with Crippen molar-refractivity contribution < 1.29 is 4.74 Å². The van der Waals surface area contributed by atoms with Gasteiger partial charge in [0.25, 0.3) is 0 Å². The molecule has 1 aromatic heterocycles. The average molecular weight is 626 g/mol. The summed E-state index contributed by atoms with van der Waals surface area (Å²) in [5.74, 6) is 3.48. The Morgan fingerprint density at radius 1 is 0.327 bits per heavy atom. The number of fused-ring (bicyclic) bond motifs is 4. The normalized spacial score (nSPS) is 11.8. The molecule has 0 spiro atoms. The lowest BCUT2D eigenvalue weighted by molar-refractivity contribution is 0.487. The molecular formula is C45H27N3O. The lowest BCUT2D eigenvalue weighted by Gasteiger charge is -2.23. The lowest BCUT2D eigenvalue weighted by atomic mass is 9.89. The van der Waals surface area contributed by atoms with Crippen molar-refractivity contribution in [3.63, 3.8) is 0 Å². The maximum Gasteiger partial charge on any atom is 0.164 e. The van der Waals surface area contributed by atoms with Crippen LogP contribution < -0.4 is 4.74 Å². The fourth-order valence-electron chi connectivity index (χ4n) is 7.06. The van der Waals surface area contributed by atoms with Gasteiger partial charge in [-0.2, -0.15) is 0 Å². The largest absolute Gasteiger partial charge is 0.456 e. The molecule has 0 atom stereocenters. The molecule has 0 fully saturated rings. The topological polar surface area (TPSA) is 47.9 Å². The zero-order valence-corrected chi connectivity index (χ0v) is 26.3. The van der Waals surface area contributed by atoms with Gasteiger partial charge in [0, 0.05) is 27.6 Å². The molecule has 8 aromatic carbocycles. The van der Waals surface area contributed by atoms with E-state index in [1.54, 1.807) is 0 Å². The first-order valence-corrected chi connectivity index (χ1v) is 16.4. The van der Waals surface area contributed by atoms with Gasteiger partial charge in [-0.15, -0.1) is 0 Å².